The van der Waals surface area contributed by atoms with E-state index >= 15 is 0 Å². The molecule has 2 unspecified atom stereocenters. The van der Waals surface area contributed by atoms with Crippen molar-refractivity contribution in [1.82, 2.24) is 5.32 Å². The molecule has 76 valence electrons. The van der Waals surface area contributed by atoms with Crippen molar-refractivity contribution >= 4 is 5.97 Å². The molecular formula is C9H18N2O2. The van der Waals surface area contributed by atoms with E-state index in [0.29, 0.717) is 12.5 Å². The molecule has 1 aliphatic rings. The topological polar surface area (TPSA) is 75.3 Å². The van der Waals surface area contributed by atoms with Crippen LogP contribution in [0.25, 0.3) is 0 Å². The van der Waals surface area contributed by atoms with Gasteiger partial charge in [0.15, 0.2) is 0 Å². The van der Waals surface area contributed by atoms with Gasteiger partial charge in [-0.25, -0.2) is 0 Å². The zero-order chi connectivity index (χ0) is 9.84. The normalized spacial score (nSPS) is 21.1. The minimum Gasteiger partial charge on any atom is -0.480 e. The standard InChI is InChI=1S/C9H18N2O2/c1-6(7-2-3-7)4-11-5-8(10)9(12)13/h6-8,11H,2-5,10H2,1H3,(H,12,13). The van der Waals surface area contributed by atoms with Gasteiger partial charge >= 0.3 is 5.97 Å². The molecule has 1 fully saturated rings. The Hall–Kier alpha value is -0.610. The van der Waals surface area contributed by atoms with Crippen LogP contribution in [-0.2, 0) is 4.79 Å². The summed E-state index contributed by atoms with van der Waals surface area (Å²) in [6.07, 6.45) is 2.65. The Labute approximate surface area is 78.5 Å². The lowest BCUT2D eigenvalue weighted by atomic mass is 10.1. The predicted octanol–water partition coefficient (Wildman–Crippen LogP) is 0.0340. The van der Waals surface area contributed by atoms with Crippen molar-refractivity contribution in [2.45, 2.75) is 25.8 Å². The largest absolute Gasteiger partial charge is 0.480 e. The second-order valence-electron chi connectivity index (χ2n) is 3.92. The Morgan fingerprint density at radius 3 is 2.69 bits per heavy atom. The molecule has 4 N–H and O–H groups in total. The highest BCUT2D eigenvalue weighted by molar-refractivity contribution is 5.73. The van der Waals surface area contributed by atoms with Crippen LogP contribution in [0.15, 0.2) is 0 Å². The summed E-state index contributed by atoms with van der Waals surface area (Å²) >= 11 is 0. The summed E-state index contributed by atoms with van der Waals surface area (Å²) in [7, 11) is 0. The Kier molecular flexibility index (Phi) is 3.69. The van der Waals surface area contributed by atoms with Crippen LogP contribution >= 0.6 is 0 Å². The molecule has 0 aromatic carbocycles. The van der Waals surface area contributed by atoms with E-state index < -0.39 is 12.0 Å². The predicted molar refractivity (Wildman–Crippen MR) is 50.4 cm³/mol. The maximum atomic E-state index is 10.4. The molecule has 2 atom stereocenters. The number of carboxylic acids is 1. The average Bonchev–Trinajstić information content (AvgIpc) is 2.85. The molecule has 1 aliphatic carbocycles. The van der Waals surface area contributed by atoms with E-state index in [9.17, 15) is 4.79 Å². The highest BCUT2D eigenvalue weighted by Crippen LogP contribution is 2.35. The first-order valence-corrected chi connectivity index (χ1v) is 4.80. The molecule has 1 rings (SSSR count). The quantitative estimate of drug-likeness (QED) is 0.547. The Morgan fingerprint density at radius 1 is 1.62 bits per heavy atom. The third kappa shape index (κ3) is 3.74. The second-order valence-corrected chi connectivity index (χ2v) is 3.92. The summed E-state index contributed by atoms with van der Waals surface area (Å²) in [6.45, 7) is 3.44. The van der Waals surface area contributed by atoms with Gasteiger partial charge in [-0.05, 0) is 31.2 Å². The van der Waals surface area contributed by atoms with Crippen LogP contribution in [0.3, 0.4) is 0 Å². The molecular weight excluding hydrogens is 168 g/mol. The zero-order valence-electron chi connectivity index (χ0n) is 7.99. The number of hydrogen-bond donors (Lipinski definition) is 3. The summed E-state index contributed by atoms with van der Waals surface area (Å²) in [5.74, 6) is 0.570. The van der Waals surface area contributed by atoms with E-state index in [1.165, 1.54) is 12.8 Å². The molecule has 0 saturated heterocycles. The number of aliphatic carboxylic acids is 1. The van der Waals surface area contributed by atoms with Crippen LogP contribution in [0, 0.1) is 11.8 Å². The highest BCUT2D eigenvalue weighted by atomic mass is 16.4. The summed E-state index contributed by atoms with van der Waals surface area (Å²) < 4.78 is 0. The van der Waals surface area contributed by atoms with Gasteiger partial charge in [-0.1, -0.05) is 6.92 Å². The number of rotatable bonds is 6. The molecule has 0 amide bonds. The highest BCUT2D eigenvalue weighted by Gasteiger charge is 2.27. The lowest BCUT2D eigenvalue weighted by Gasteiger charge is -2.12. The van der Waals surface area contributed by atoms with Crippen molar-refractivity contribution in [2.24, 2.45) is 17.6 Å². The smallest absolute Gasteiger partial charge is 0.321 e. The fourth-order valence-corrected chi connectivity index (χ4v) is 1.39. The Bertz CT molecular complexity index is 180. The van der Waals surface area contributed by atoms with Crippen LogP contribution in [0.1, 0.15) is 19.8 Å². The fraction of sp³-hybridized carbons (Fsp3) is 0.889. The third-order valence-corrected chi connectivity index (χ3v) is 2.57. The van der Waals surface area contributed by atoms with Gasteiger partial charge in [-0.15, -0.1) is 0 Å². The second kappa shape index (κ2) is 4.58. The van der Waals surface area contributed by atoms with Crippen LogP contribution in [0.5, 0.6) is 0 Å². The fourth-order valence-electron chi connectivity index (χ4n) is 1.39. The first-order valence-electron chi connectivity index (χ1n) is 4.80. The van der Waals surface area contributed by atoms with Crippen molar-refractivity contribution in [1.29, 1.82) is 0 Å². The van der Waals surface area contributed by atoms with Crippen molar-refractivity contribution in [2.75, 3.05) is 13.1 Å². The van der Waals surface area contributed by atoms with Gasteiger partial charge < -0.3 is 16.2 Å². The van der Waals surface area contributed by atoms with E-state index in [1.54, 1.807) is 0 Å². The van der Waals surface area contributed by atoms with Crippen LogP contribution in [0.2, 0.25) is 0 Å². The minimum absolute atomic E-state index is 0.367. The molecule has 0 aromatic rings. The lowest BCUT2D eigenvalue weighted by Crippen LogP contribution is -2.41. The van der Waals surface area contributed by atoms with E-state index in [1.807, 2.05) is 0 Å². The summed E-state index contributed by atoms with van der Waals surface area (Å²) in [5, 5.41) is 11.6. The maximum Gasteiger partial charge on any atom is 0.321 e. The van der Waals surface area contributed by atoms with Crippen LogP contribution < -0.4 is 11.1 Å². The van der Waals surface area contributed by atoms with E-state index in [2.05, 4.69) is 12.2 Å². The zero-order valence-corrected chi connectivity index (χ0v) is 7.99. The van der Waals surface area contributed by atoms with E-state index in [4.69, 9.17) is 10.8 Å². The molecule has 0 radical (unpaired) electrons. The summed E-state index contributed by atoms with van der Waals surface area (Å²) in [6, 6.07) is -0.772. The Morgan fingerprint density at radius 2 is 2.23 bits per heavy atom. The Balaban J connectivity index is 2.02. The van der Waals surface area contributed by atoms with Gasteiger partial charge in [0.05, 0.1) is 0 Å². The molecule has 0 heterocycles. The van der Waals surface area contributed by atoms with Crippen molar-refractivity contribution < 1.29 is 9.90 Å². The number of nitrogens with one attached hydrogen (secondary N) is 1. The van der Waals surface area contributed by atoms with Crippen molar-refractivity contribution in [3.8, 4) is 0 Å². The molecule has 0 aromatic heterocycles. The van der Waals surface area contributed by atoms with E-state index in [0.717, 1.165) is 12.5 Å². The van der Waals surface area contributed by atoms with Gasteiger partial charge in [0.1, 0.15) is 6.04 Å². The number of carbonyl (C=O) groups is 1. The van der Waals surface area contributed by atoms with Gasteiger partial charge in [0.25, 0.3) is 0 Å². The number of nitrogens with two attached hydrogens (primary N) is 1. The minimum atomic E-state index is -0.938. The monoisotopic (exact) mass is 186 g/mol. The van der Waals surface area contributed by atoms with Crippen LogP contribution in [-0.4, -0.2) is 30.2 Å². The van der Waals surface area contributed by atoms with E-state index in [-0.39, 0.29) is 0 Å². The maximum absolute atomic E-state index is 10.4. The molecule has 4 nitrogen and oxygen atoms in total. The molecule has 1 saturated carbocycles. The van der Waals surface area contributed by atoms with Gasteiger partial charge in [-0.2, -0.15) is 0 Å². The number of hydrogen-bond acceptors (Lipinski definition) is 3. The first-order chi connectivity index (χ1) is 6.11. The molecule has 4 heteroatoms. The van der Waals surface area contributed by atoms with Crippen molar-refractivity contribution in [3.05, 3.63) is 0 Å². The summed E-state index contributed by atoms with van der Waals surface area (Å²) in [5.41, 5.74) is 5.33. The summed E-state index contributed by atoms with van der Waals surface area (Å²) in [4.78, 5) is 10.4. The molecule has 0 aliphatic heterocycles. The van der Waals surface area contributed by atoms with Gasteiger partial charge in [-0.3, -0.25) is 4.79 Å². The molecule has 0 spiro atoms. The lowest BCUT2D eigenvalue weighted by molar-refractivity contribution is -0.138. The van der Waals surface area contributed by atoms with Crippen molar-refractivity contribution in [3.63, 3.8) is 0 Å². The SMILES string of the molecule is CC(CNCC(N)C(=O)O)C1CC1. The average molecular weight is 186 g/mol. The number of carboxylic acid groups (broad SMARTS) is 1. The van der Waals surface area contributed by atoms with Crippen LogP contribution in [0.4, 0.5) is 0 Å². The molecule has 13 heavy (non-hydrogen) atoms. The first kappa shape index (κ1) is 10.5. The van der Waals surface area contributed by atoms with Gasteiger partial charge in [0, 0.05) is 6.54 Å². The molecule has 0 bridgehead atoms. The van der Waals surface area contributed by atoms with Gasteiger partial charge in [0.2, 0.25) is 0 Å². The third-order valence-electron chi connectivity index (χ3n) is 2.57.